The number of anilines is 1. The number of para-hydroxylation sites is 2. The summed E-state index contributed by atoms with van der Waals surface area (Å²) in [7, 11) is 0. The van der Waals surface area contributed by atoms with E-state index in [9.17, 15) is 0 Å². The number of rotatable bonds is 4. The third kappa shape index (κ3) is 4.05. The summed E-state index contributed by atoms with van der Waals surface area (Å²) in [6.45, 7) is 0. The van der Waals surface area contributed by atoms with Gasteiger partial charge in [0, 0.05) is 42.2 Å². The van der Waals surface area contributed by atoms with Gasteiger partial charge in [0.25, 0.3) is 0 Å². The molecule has 0 saturated heterocycles. The van der Waals surface area contributed by atoms with Gasteiger partial charge in [-0.1, -0.05) is 115 Å². The number of aromatic nitrogens is 1. The molecule has 0 amide bonds. The molecule has 0 aliphatic carbocycles. The molecule has 10 rings (SSSR count). The first kappa shape index (κ1) is 26.4. The van der Waals surface area contributed by atoms with Crippen molar-refractivity contribution in [1.82, 2.24) is 4.57 Å². The molecule has 4 heteroatoms. The number of thiophene rings is 1. The zero-order valence-corrected chi connectivity index (χ0v) is 26.2. The Balaban J connectivity index is 1.11. The van der Waals surface area contributed by atoms with E-state index in [2.05, 4.69) is 168 Å². The van der Waals surface area contributed by atoms with Crippen molar-refractivity contribution in [3.8, 4) is 33.7 Å². The summed E-state index contributed by atoms with van der Waals surface area (Å²) in [5.74, 6) is 0.928. The van der Waals surface area contributed by atoms with Crippen LogP contribution in [-0.2, 0) is 0 Å². The summed E-state index contributed by atoms with van der Waals surface area (Å²) in [6.07, 6.45) is -0.310. The summed E-state index contributed by atoms with van der Waals surface area (Å²) >= 11 is 1.84. The van der Waals surface area contributed by atoms with Crippen LogP contribution in [0.5, 0.6) is 5.75 Å². The van der Waals surface area contributed by atoms with Crippen LogP contribution in [0, 0.1) is 0 Å². The molecule has 1 atom stereocenters. The molecule has 47 heavy (non-hydrogen) atoms. The van der Waals surface area contributed by atoms with E-state index in [4.69, 9.17) is 4.74 Å². The van der Waals surface area contributed by atoms with Gasteiger partial charge >= 0.3 is 0 Å². The Hall–Kier alpha value is -5.84. The molecule has 0 saturated carbocycles. The monoisotopic (exact) mass is 620 g/mol. The number of hydrogen-bond donors (Lipinski definition) is 1. The van der Waals surface area contributed by atoms with Crippen LogP contribution in [-0.4, -0.2) is 4.57 Å². The predicted octanol–water partition coefficient (Wildman–Crippen LogP) is 12.0. The van der Waals surface area contributed by atoms with Gasteiger partial charge in [0.05, 0.1) is 16.7 Å². The normalized spacial score (nSPS) is 14.1. The number of benzene rings is 7. The van der Waals surface area contributed by atoms with Gasteiger partial charge < -0.3 is 14.6 Å². The van der Waals surface area contributed by atoms with Gasteiger partial charge in [0.15, 0.2) is 12.0 Å². The Morgan fingerprint density at radius 3 is 2.15 bits per heavy atom. The van der Waals surface area contributed by atoms with Crippen molar-refractivity contribution in [1.29, 1.82) is 0 Å². The van der Waals surface area contributed by atoms with Crippen LogP contribution in [0.25, 0.3) is 69.9 Å². The maximum Gasteiger partial charge on any atom is 0.197 e. The van der Waals surface area contributed by atoms with Gasteiger partial charge in [0.2, 0.25) is 0 Å². The van der Waals surface area contributed by atoms with E-state index in [1.54, 1.807) is 0 Å². The quantitative estimate of drug-likeness (QED) is 0.212. The van der Waals surface area contributed by atoms with Crippen molar-refractivity contribution in [2.45, 2.75) is 6.23 Å². The minimum Gasteiger partial charge on any atom is -0.464 e. The Kier molecular flexibility index (Phi) is 5.81. The van der Waals surface area contributed by atoms with Crippen molar-refractivity contribution in [2.24, 2.45) is 0 Å². The molecule has 0 bridgehead atoms. The van der Waals surface area contributed by atoms with E-state index in [1.807, 2.05) is 11.3 Å². The van der Waals surface area contributed by atoms with E-state index in [0.717, 1.165) is 22.7 Å². The molecule has 7 aromatic carbocycles. The summed E-state index contributed by atoms with van der Waals surface area (Å²) in [5.41, 5.74) is 10.6. The fourth-order valence-electron chi connectivity index (χ4n) is 7.37. The van der Waals surface area contributed by atoms with Gasteiger partial charge in [-0.15, -0.1) is 11.3 Å². The fourth-order valence-corrected chi connectivity index (χ4v) is 8.61. The van der Waals surface area contributed by atoms with E-state index < -0.39 is 0 Å². The lowest BCUT2D eigenvalue weighted by molar-refractivity contribution is 0.264. The molecule has 3 nitrogen and oxygen atoms in total. The smallest absolute Gasteiger partial charge is 0.197 e. The Morgan fingerprint density at radius 2 is 1.26 bits per heavy atom. The summed E-state index contributed by atoms with van der Waals surface area (Å²) in [4.78, 5) is 0. The second-order valence-electron chi connectivity index (χ2n) is 12.1. The zero-order valence-electron chi connectivity index (χ0n) is 25.4. The fraction of sp³-hybridized carbons (Fsp3) is 0.0233. The lowest BCUT2D eigenvalue weighted by Gasteiger charge is -2.14. The second kappa shape index (κ2) is 10.3. The first-order chi connectivity index (χ1) is 23.3. The van der Waals surface area contributed by atoms with Gasteiger partial charge in [-0.25, -0.2) is 0 Å². The minimum absolute atomic E-state index is 0.310. The summed E-state index contributed by atoms with van der Waals surface area (Å²) < 4.78 is 11.8. The van der Waals surface area contributed by atoms with Crippen molar-refractivity contribution >= 4 is 59.0 Å². The molecule has 0 spiro atoms. The van der Waals surface area contributed by atoms with Crippen LogP contribution in [0.4, 0.5) is 5.69 Å². The molecule has 222 valence electrons. The topological polar surface area (TPSA) is 26.2 Å². The molecular weight excluding hydrogens is 593 g/mol. The number of fused-ring (bicyclic) bond motifs is 8. The van der Waals surface area contributed by atoms with Crippen LogP contribution in [0.15, 0.2) is 158 Å². The number of nitrogens with one attached hydrogen (secondary N) is 1. The van der Waals surface area contributed by atoms with Crippen LogP contribution in [0.3, 0.4) is 0 Å². The Labute approximate surface area is 275 Å². The Bertz CT molecular complexity index is 2640. The molecular formula is C43H28N2OS. The molecule has 1 unspecified atom stereocenters. The molecule has 1 aliphatic heterocycles. The lowest BCUT2D eigenvalue weighted by Crippen LogP contribution is -2.10. The minimum atomic E-state index is -0.310. The van der Waals surface area contributed by atoms with Crippen LogP contribution in [0.2, 0.25) is 0 Å². The number of nitrogens with zero attached hydrogens (tertiary/aromatic N) is 1. The third-order valence-electron chi connectivity index (χ3n) is 9.45. The highest BCUT2D eigenvalue weighted by Gasteiger charge is 2.30. The number of ether oxygens (including phenoxy) is 1. The molecule has 1 N–H and O–H groups in total. The van der Waals surface area contributed by atoms with Gasteiger partial charge in [-0.05, 0) is 64.7 Å². The van der Waals surface area contributed by atoms with Crippen molar-refractivity contribution < 1.29 is 4.74 Å². The summed E-state index contributed by atoms with van der Waals surface area (Å²) in [6, 6.07) is 56.4. The van der Waals surface area contributed by atoms with Crippen molar-refractivity contribution in [3.63, 3.8) is 0 Å². The van der Waals surface area contributed by atoms with E-state index in [-0.39, 0.29) is 6.23 Å². The molecule has 1 aliphatic rings. The van der Waals surface area contributed by atoms with Crippen molar-refractivity contribution in [3.05, 3.63) is 163 Å². The van der Waals surface area contributed by atoms with E-state index in [1.165, 1.54) is 64.2 Å². The highest BCUT2D eigenvalue weighted by atomic mass is 32.1. The maximum absolute atomic E-state index is 6.95. The number of hydrogen-bond acceptors (Lipinski definition) is 3. The maximum atomic E-state index is 6.95. The summed E-state index contributed by atoms with van der Waals surface area (Å²) in [5, 5.41) is 8.59. The Morgan fingerprint density at radius 1 is 0.553 bits per heavy atom. The molecule has 0 radical (unpaired) electrons. The molecule has 2 aromatic heterocycles. The average molecular weight is 621 g/mol. The predicted molar refractivity (Wildman–Crippen MR) is 198 cm³/mol. The van der Waals surface area contributed by atoms with E-state index in [0.29, 0.717) is 0 Å². The largest absolute Gasteiger partial charge is 0.464 e. The zero-order chi connectivity index (χ0) is 30.9. The van der Waals surface area contributed by atoms with Crippen LogP contribution >= 0.6 is 11.3 Å². The van der Waals surface area contributed by atoms with Crippen LogP contribution < -0.4 is 10.1 Å². The highest BCUT2D eigenvalue weighted by Crippen LogP contribution is 2.51. The first-order valence-electron chi connectivity index (χ1n) is 16.0. The van der Waals surface area contributed by atoms with Crippen molar-refractivity contribution in [2.75, 3.05) is 5.32 Å². The van der Waals surface area contributed by atoms with Gasteiger partial charge in [-0.2, -0.15) is 0 Å². The second-order valence-corrected chi connectivity index (χ2v) is 13.2. The van der Waals surface area contributed by atoms with E-state index >= 15 is 0 Å². The standard InChI is InChI=1S/C43H28N2OS/c1-3-12-27(13-4-1)28-14-9-15-29(26-28)31-19-10-20-33-40-38(47-42(31)33)25-24-35-41(40)46-43(44-35)34-21-11-23-37-39(34)32-18-7-8-22-36(32)45(37)30-16-5-2-6-17-30/h1-26,43-44H. The van der Waals surface area contributed by atoms with Crippen LogP contribution in [0.1, 0.15) is 11.8 Å². The van der Waals surface area contributed by atoms with Gasteiger partial charge in [-0.3, -0.25) is 0 Å². The lowest BCUT2D eigenvalue weighted by atomic mass is 9.98. The highest BCUT2D eigenvalue weighted by molar-refractivity contribution is 7.26. The molecule has 0 fully saturated rings. The first-order valence-corrected chi connectivity index (χ1v) is 16.8. The van der Waals surface area contributed by atoms with Gasteiger partial charge in [0.1, 0.15) is 0 Å². The molecule has 9 aromatic rings. The average Bonchev–Trinajstić information content (AvgIpc) is 3.84. The third-order valence-corrected chi connectivity index (χ3v) is 10.6. The molecule has 3 heterocycles. The SMILES string of the molecule is c1ccc(-c2cccc(-c3cccc4c3sc3ccc5c(c34)OC(c3cccc4c3c3ccccc3n4-c3ccccc3)N5)c2)cc1.